The number of rotatable bonds is 4. The smallest absolute Gasteiger partial charge is 0.220 e. The summed E-state index contributed by atoms with van der Waals surface area (Å²) in [5.41, 5.74) is -0.846. The van der Waals surface area contributed by atoms with Crippen LogP contribution in [-0.4, -0.2) is 36.4 Å². The van der Waals surface area contributed by atoms with Crippen LogP contribution < -0.4 is 5.32 Å². The fourth-order valence-electron chi connectivity index (χ4n) is 2.17. The van der Waals surface area contributed by atoms with E-state index < -0.39 is 5.60 Å². The van der Waals surface area contributed by atoms with Gasteiger partial charge in [0.25, 0.3) is 0 Å². The molecule has 0 bridgehead atoms. The number of carbonyl (C=O) groups is 1. The lowest BCUT2D eigenvalue weighted by Crippen LogP contribution is -2.43. The molecule has 2 atom stereocenters. The van der Waals surface area contributed by atoms with Crippen LogP contribution in [0, 0.1) is 5.92 Å². The zero-order valence-electron chi connectivity index (χ0n) is 9.45. The van der Waals surface area contributed by atoms with Gasteiger partial charge < -0.3 is 15.2 Å². The second kappa shape index (κ2) is 4.97. The second-order valence-corrected chi connectivity index (χ2v) is 4.77. The molecule has 4 nitrogen and oxygen atoms in total. The van der Waals surface area contributed by atoms with Gasteiger partial charge in [-0.25, -0.2) is 0 Å². The summed E-state index contributed by atoms with van der Waals surface area (Å²) in [5.74, 6) is 0.409. The minimum atomic E-state index is -0.846. The van der Waals surface area contributed by atoms with Crippen molar-refractivity contribution in [3.8, 4) is 0 Å². The Morgan fingerprint density at radius 3 is 3.12 bits per heavy atom. The molecule has 0 aromatic heterocycles. The van der Waals surface area contributed by atoms with Crippen molar-refractivity contribution >= 4 is 5.91 Å². The van der Waals surface area contributed by atoms with Crippen molar-refractivity contribution in [2.75, 3.05) is 19.8 Å². The quantitative estimate of drug-likeness (QED) is 0.689. The first-order chi connectivity index (χ1) is 7.68. The van der Waals surface area contributed by atoms with Gasteiger partial charge in [0.1, 0.15) is 5.60 Å². The summed E-state index contributed by atoms with van der Waals surface area (Å²) in [6.07, 6.45) is 7.52. The number of nitrogens with one attached hydrogen (secondary N) is 1. The lowest BCUT2D eigenvalue weighted by atomic mass is 10.0. The van der Waals surface area contributed by atoms with Gasteiger partial charge >= 0.3 is 0 Å². The van der Waals surface area contributed by atoms with Crippen molar-refractivity contribution in [1.29, 1.82) is 0 Å². The van der Waals surface area contributed by atoms with Crippen molar-refractivity contribution < 1.29 is 14.6 Å². The van der Waals surface area contributed by atoms with E-state index in [4.69, 9.17) is 4.74 Å². The van der Waals surface area contributed by atoms with Crippen molar-refractivity contribution in [1.82, 2.24) is 5.32 Å². The summed E-state index contributed by atoms with van der Waals surface area (Å²) >= 11 is 0. The molecule has 1 amide bonds. The number of amides is 1. The van der Waals surface area contributed by atoms with Crippen molar-refractivity contribution in [2.24, 2.45) is 5.92 Å². The molecule has 4 heteroatoms. The molecule has 0 radical (unpaired) electrons. The zero-order valence-corrected chi connectivity index (χ0v) is 9.45. The van der Waals surface area contributed by atoms with Crippen LogP contribution in [0.2, 0.25) is 0 Å². The SMILES string of the molecule is O=C(C[C@@H]1C=CCC1)NC[C@@]1(O)CCOC1. The van der Waals surface area contributed by atoms with Gasteiger partial charge in [0.15, 0.2) is 0 Å². The molecule has 1 aliphatic carbocycles. The zero-order chi connectivity index (χ0) is 11.4. The Hall–Kier alpha value is -0.870. The summed E-state index contributed by atoms with van der Waals surface area (Å²) in [6, 6.07) is 0. The third-order valence-electron chi connectivity index (χ3n) is 3.26. The number of aliphatic hydroxyl groups is 1. The van der Waals surface area contributed by atoms with E-state index in [1.165, 1.54) is 0 Å². The van der Waals surface area contributed by atoms with Gasteiger partial charge in [0.05, 0.1) is 6.61 Å². The van der Waals surface area contributed by atoms with E-state index in [9.17, 15) is 9.90 Å². The molecule has 1 saturated heterocycles. The number of carbonyl (C=O) groups excluding carboxylic acids is 1. The van der Waals surface area contributed by atoms with E-state index in [-0.39, 0.29) is 5.91 Å². The van der Waals surface area contributed by atoms with Crippen molar-refractivity contribution in [3.63, 3.8) is 0 Å². The van der Waals surface area contributed by atoms with Crippen molar-refractivity contribution in [2.45, 2.75) is 31.3 Å². The standard InChI is InChI=1S/C12H19NO3/c14-11(7-10-3-1-2-4-10)13-8-12(15)5-6-16-9-12/h1,3,10,15H,2,4-9H2,(H,13,14)/t10-,12+/m1/s1. The topological polar surface area (TPSA) is 58.6 Å². The average Bonchev–Trinajstić information content (AvgIpc) is 2.88. The minimum absolute atomic E-state index is 0.0249. The van der Waals surface area contributed by atoms with Gasteiger partial charge in [-0.2, -0.15) is 0 Å². The Kier molecular flexibility index (Phi) is 3.61. The molecule has 0 aromatic rings. The summed E-state index contributed by atoms with van der Waals surface area (Å²) in [6.45, 7) is 1.22. The highest BCUT2D eigenvalue weighted by molar-refractivity contribution is 5.76. The third kappa shape index (κ3) is 3.06. The van der Waals surface area contributed by atoms with E-state index in [1.54, 1.807) is 0 Å². The molecule has 1 heterocycles. The predicted molar refractivity (Wildman–Crippen MR) is 59.9 cm³/mol. The van der Waals surface area contributed by atoms with Crippen LogP contribution in [0.1, 0.15) is 25.7 Å². The summed E-state index contributed by atoms with van der Waals surface area (Å²) in [4.78, 5) is 11.6. The molecule has 16 heavy (non-hydrogen) atoms. The monoisotopic (exact) mass is 225 g/mol. The third-order valence-corrected chi connectivity index (χ3v) is 3.26. The molecular formula is C12H19NO3. The lowest BCUT2D eigenvalue weighted by molar-refractivity contribution is -0.123. The van der Waals surface area contributed by atoms with Gasteiger partial charge in [-0.15, -0.1) is 0 Å². The fourth-order valence-corrected chi connectivity index (χ4v) is 2.17. The van der Waals surface area contributed by atoms with Crippen LogP contribution >= 0.6 is 0 Å². The second-order valence-electron chi connectivity index (χ2n) is 4.77. The fraction of sp³-hybridized carbons (Fsp3) is 0.750. The number of allylic oxidation sites excluding steroid dienone is 2. The molecular weight excluding hydrogens is 206 g/mol. The highest BCUT2D eigenvalue weighted by Gasteiger charge is 2.32. The normalized spacial score (nSPS) is 33.2. The van der Waals surface area contributed by atoms with Crippen LogP contribution in [0.15, 0.2) is 12.2 Å². The number of ether oxygens (including phenoxy) is 1. The Morgan fingerprint density at radius 1 is 1.62 bits per heavy atom. The Balaban J connectivity index is 1.68. The van der Waals surface area contributed by atoms with Gasteiger partial charge in [0, 0.05) is 26.0 Å². The van der Waals surface area contributed by atoms with E-state index in [2.05, 4.69) is 17.5 Å². The first kappa shape index (κ1) is 11.6. The molecule has 2 rings (SSSR count). The minimum Gasteiger partial charge on any atom is -0.386 e. The molecule has 1 aliphatic heterocycles. The Bertz CT molecular complexity index is 282. The van der Waals surface area contributed by atoms with Gasteiger partial charge in [-0.1, -0.05) is 12.2 Å². The van der Waals surface area contributed by atoms with E-state index >= 15 is 0 Å². The van der Waals surface area contributed by atoms with Crippen LogP contribution in [-0.2, 0) is 9.53 Å². The lowest BCUT2D eigenvalue weighted by Gasteiger charge is -2.21. The average molecular weight is 225 g/mol. The Morgan fingerprint density at radius 2 is 2.50 bits per heavy atom. The van der Waals surface area contributed by atoms with Crippen molar-refractivity contribution in [3.05, 3.63) is 12.2 Å². The van der Waals surface area contributed by atoms with Gasteiger partial charge in [-0.05, 0) is 18.8 Å². The van der Waals surface area contributed by atoms with Gasteiger partial charge in [0.2, 0.25) is 5.91 Å². The number of hydrogen-bond donors (Lipinski definition) is 2. The molecule has 2 N–H and O–H groups in total. The molecule has 90 valence electrons. The molecule has 0 saturated carbocycles. The van der Waals surface area contributed by atoms with E-state index in [0.29, 0.717) is 38.5 Å². The highest BCUT2D eigenvalue weighted by atomic mass is 16.5. The maximum absolute atomic E-state index is 11.6. The number of hydrogen-bond acceptors (Lipinski definition) is 3. The Labute approximate surface area is 95.7 Å². The first-order valence-corrected chi connectivity index (χ1v) is 5.91. The highest BCUT2D eigenvalue weighted by Crippen LogP contribution is 2.20. The largest absolute Gasteiger partial charge is 0.386 e. The van der Waals surface area contributed by atoms with E-state index in [0.717, 1.165) is 12.8 Å². The van der Waals surface area contributed by atoms with Crippen LogP contribution in [0.4, 0.5) is 0 Å². The van der Waals surface area contributed by atoms with Crippen LogP contribution in [0.25, 0.3) is 0 Å². The molecule has 0 unspecified atom stereocenters. The van der Waals surface area contributed by atoms with Crippen LogP contribution in [0.3, 0.4) is 0 Å². The first-order valence-electron chi connectivity index (χ1n) is 5.91. The molecule has 2 aliphatic rings. The summed E-state index contributed by atoms with van der Waals surface area (Å²) < 4.78 is 5.11. The summed E-state index contributed by atoms with van der Waals surface area (Å²) in [5, 5.41) is 12.7. The predicted octanol–water partition coefficient (Wildman–Crippen LogP) is 0.610. The maximum atomic E-state index is 11.6. The van der Waals surface area contributed by atoms with E-state index in [1.807, 2.05) is 0 Å². The molecule has 0 aromatic carbocycles. The summed E-state index contributed by atoms with van der Waals surface area (Å²) in [7, 11) is 0. The van der Waals surface area contributed by atoms with Crippen LogP contribution in [0.5, 0.6) is 0 Å². The van der Waals surface area contributed by atoms with Gasteiger partial charge in [-0.3, -0.25) is 4.79 Å². The molecule has 1 fully saturated rings. The maximum Gasteiger partial charge on any atom is 0.220 e. The molecule has 0 spiro atoms.